The monoisotopic (exact) mass is 480 g/mol. The van der Waals surface area contributed by atoms with Gasteiger partial charge in [-0.25, -0.2) is 4.39 Å². The van der Waals surface area contributed by atoms with Crippen LogP contribution in [0, 0.1) is 11.2 Å². The fourth-order valence-electron chi connectivity index (χ4n) is 6.77. The van der Waals surface area contributed by atoms with Gasteiger partial charge in [0.1, 0.15) is 5.82 Å². The number of halogens is 1. The molecule has 0 spiro atoms. The maximum atomic E-state index is 14.1. The van der Waals surface area contributed by atoms with Crippen LogP contribution in [0.15, 0.2) is 54.6 Å². The molecule has 1 radical (unpaired) electrons. The molecule has 1 heterocycles. The van der Waals surface area contributed by atoms with E-state index in [1.165, 1.54) is 36.8 Å². The minimum atomic E-state index is -0.839. The minimum absolute atomic E-state index is 0.0274. The predicted molar refractivity (Wildman–Crippen MR) is 142 cm³/mol. The minimum Gasteiger partial charge on any atom is -0.413 e. The van der Waals surface area contributed by atoms with Crippen LogP contribution in [0.5, 0.6) is 0 Å². The lowest BCUT2D eigenvalue weighted by molar-refractivity contribution is -0.0228. The number of hydrogen-bond donors (Lipinski definition) is 0. The number of rotatable bonds is 7. The molecule has 1 aliphatic carbocycles. The standard InChI is InChI=1S/C30H43FNOSi/c1-28(2,3)27(33-34(4)5)30(24-12-7-6-8-13-24)18-20-32(21-19-30)23-29(16-9-10-17-29)25-14-11-15-26(31)22-25/h6-8,11-15,22,27H,9-10,16-21,23H2,1-5H3. The highest BCUT2D eigenvalue weighted by Crippen LogP contribution is 2.48. The third kappa shape index (κ3) is 5.34. The summed E-state index contributed by atoms with van der Waals surface area (Å²) < 4.78 is 21.0. The molecule has 1 saturated carbocycles. The van der Waals surface area contributed by atoms with Crippen molar-refractivity contribution >= 4 is 9.04 Å². The van der Waals surface area contributed by atoms with E-state index in [4.69, 9.17) is 4.43 Å². The van der Waals surface area contributed by atoms with E-state index in [9.17, 15) is 4.39 Å². The summed E-state index contributed by atoms with van der Waals surface area (Å²) >= 11 is 0. The molecule has 1 saturated heterocycles. The molecular weight excluding hydrogens is 437 g/mol. The lowest BCUT2D eigenvalue weighted by Gasteiger charge is -2.52. The average molecular weight is 481 g/mol. The van der Waals surface area contributed by atoms with Crippen molar-refractivity contribution in [3.8, 4) is 0 Å². The zero-order valence-corrected chi connectivity index (χ0v) is 22.9. The molecule has 185 valence electrons. The summed E-state index contributed by atoms with van der Waals surface area (Å²) in [6, 6.07) is 18.5. The topological polar surface area (TPSA) is 12.5 Å². The van der Waals surface area contributed by atoms with E-state index >= 15 is 0 Å². The molecule has 1 aliphatic heterocycles. The van der Waals surface area contributed by atoms with Gasteiger partial charge in [-0.1, -0.05) is 76.1 Å². The Morgan fingerprint density at radius 3 is 2.09 bits per heavy atom. The normalized spacial score (nSPS) is 21.6. The summed E-state index contributed by atoms with van der Waals surface area (Å²) in [6.07, 6.45) is 7.23. The van der Waals surface area contributed by atoms with Gasteiger partial charge in [0.25, 0.3) is 0 Å². The predicted octanol–water partition coefficient (Wildman–Crippen LogP) is 7.35. The number of benzene rings is 2. The number of hydrogen-bond acceptors (Lipinski definition) is 2. The average Bonchev–Trinajstić information content (AvgIpc) is 3.28. The van der Waals surface area contributed by atoms with Gasteiger partial charge in [0.05, 0.1) is 6.10 Å². The molecule has 2 aromatic rings. The first-order valence-corrected chi connectivity index (χ1v) is 15.6. The van der Waals surface area contributed by atoms with E-state index in [1.54, 1.807) is 12.1 Å². The Kier molecular flexibility index (Phi) is 7.71. The second-order valence-corrected chi connectivity index (χ2v) is 14.1. The number of nitrogens with zero attached hydrogens (tertiary/aromatic N) is 1. The van der Waals surface area contributed by atoms with E-state index in [1.807, 2.05) is 6.07 Å². The van der Waals surface area contributed by atoms with Crippen molar-refractivity contribution in [2.45, 2.75) is 89.3 Å². The van der Waals surface area contributed by atoms with E-state index < -0.39 is 9.04 Å². The number of likely N-dealkylation sites (tertiary alicyclic amines) is 1. The summed E-state index contributed by atoms with van der Waals surface area (Å²) in [7, 11) is -0.839. The molecule has 4 rings (SSSR count). The molecule has 1 atom stereocenters. The Bertz CT molecular complexity index is 924. The van der Waals surface area contributed by atoms with Gasteiger partial charge in [-0.15, -0.1) is 0 Å². The largest absolute Gasteiger partial charge is 0.413 e. The van der Waals surface area contributed by atoms with Gasteiger partial charge in [0.2, 0.25) is 9.04 Å². The maximum absolute atomic E-state index is 14.1. The lowest BCUT2D eigenvalue weighted by atomic mass is 9.62. The van der Waals surface area contributed by atoms with Crippen LogP contribution in [0.3, 0.4) is 0 Å². The molecule has 34 heavy (non-hydrogen) atoms. The van der Waals surface area contributed by atoms with Crippen LogP contribution in [-0.4, -0.2) is 39.7 Å². The van der Waals surface area contributed by atoms with Crippen molar-refractivity contribution in [2.75, 3.05) is 19.6 Å². The van der Waals surface area contributed by atoms with Crippen molar-refractivity contribution < 1.29 is 8.82 Å². The van der Waals surface area contributed by atoms with Crippen LogP contribution in [0.25, 0.3) is 0 Å². The van der Waals surface area contributed by atoms with Gasteiger partial charge in [-0.05, 0) is 80.5 Å². The maximum Gasteiger partial charge on any atom is 0.205 e. The third-order valence-electron chi connectivity index (χ3n) is 8.26. The Balaban J connectivity index is 1.60. The molecule has 2 fully saturated rings. The Morgan fingerprint density at radius 1 is 0.912 bits per heavy atom. The molecule has 2 nitrogen and oxygen atoms in total. The SMILES string of the molecule is C[Si](C)OC(C(C)(C)C)C1(c2ccccc2)CCN(CC2(c3cccc(F)c3)CCCC2)CC1. The fourth-order valence-corrected chi connectivity index (χ4v) is 7.82. The first-order valence-electron chi connectivity index (χ1n) is 13.2. The molecule has 0 aromatic heterocycles. The van der Waals surface area contributed by atoms with Crippen LogP contribution in [0.1, 0.15) is 70.4 Å². The van der Waals surface area contributed by atoms with E-state index in [-0.39, 0.29) is 28.2 Å². The van der Waals surface area contributed by atoms with Crippen molar-refractivity contribution in [1.29, 1.82) is 0 Å². The second kappa shape index (κ2) is 10.2. The summed E-state index contributed by atoms with van der Waals surface area (Å²) in [5, 5.41) is 0. The van der Waals surface area contributed by atoms with E-state index in [0.717, 1.165) is 32.5 Å². The third-order valence-corrected chi connectivity index (χ3v) is 8.97. The molecule has 0 N–H and O–H groups in total. The molecule has 2 aromatic carbocycles. The van der Waals surface area contributed by atoms with Gasteiger partial charge in [-0.3, -0.25) is 0 Å². The summed E-state index contributed by atoms with van der Waals surface area (Å²) in [6.45, 7) is 14.7. The Labute approximate surface area is 208 Å². The van der Waals surface area contributed by atoms with Crippen LogP contribution in [0.2, 0.25) is 13.1 Å². The second-order valence-electron chi connectivity index (χ2n) is 12.1. The van der Waals surface area contributed by atoms with Crippen LogP contribution in [0.4, 0.5) is 4.39 Å². The van der Waals surface area contributed by atoms with Crippen LogP contribution < -0.4 is 0 Å². The van der Waals surface area contributed by atoms with E-state index in [2.05, 4.69) is 75.2 Å². The van der Waals surface area contributed by atoms with Crippen LogP contribution >= 0.6 is 0 Å². The summed E-state index contributed by atoms with van der Waals surface area (Å²) in [5.74, 6) is -0.104. The summed E-state index contributed by atoms with van der Waals surface area (Å²) in [4.78, 5) is 2.67. The Hall–Kier alpha value is -1.49. The zero-order chi connectivity index (χ0) is 24.4. The molecule has 2 aliphatic rings. The smallest absolute Gasteiger partial charge is 0.205 e. The highest BCUT2D eigenvalue weighted by Gasteiger charge is 2.49. The molecule has 1 unspecified atom stereocenters. The van der Waals surface area contributed by atoms with Gasteiger partial charge in [0.15, 0.2) is 0 Å². The van der Waals surface area contributed by atoms with E-state index in [0.29, 0.717) is 0 Å². The van der Waals surface area contributed by atoms with Crippen LogP contribution in [-0.2, 0) is 15.3 Å². The van der Waals surface area contributed by atoms with Gasteiger partial charge >= 0.3 is 0 Å². The molecule has 0 amide bonds. The highest BCUT2D eigenvalue weighted by atomic mass is 28.3. The van der Waals surface area contributed by atoms with Crippen molar-refractivity contribution in [3.05, 3.63) is 71.5 Å². The summed E-state index contributed by atoms with van der Waals surface area (Å²) in [5.41, 5.74) is 2.81. The number of piperidine rings is 1. The first-order chi connectivity index (χ1) is 16.1. The van der Waals surface area contributed by atoms with Gasteiger partial charge in [-0.2, -0.15) is 0 Å². The zero-order valence-electron chi connectivity index (χ0n) is 21.9. The van der Waals surface area contributed by atoms with Crippen molar-refractivity contribution in [3.63, 3.8) is 0 Å². The van der Waals surface area contributed by atoms with Crippen molar-refractivity contribution in [2.24, 2.45) is 5.41 Å². The van der Waals surface area contributed by atoms with Gasteiger partial charge < -0.3 is 9.33 Å². The quantitative estimate of drug-likeness (QED) is 0.384. The lowest BCUT2D eigenvalue weighted by Crippen LogP contribution is -2.56. The highest BCUT2D eigenvalue weighted by molar-refractivity contribution is 6.48. The van der Waals surface area contributed by atoms with Crippen molar-refractivity contribution in [1.82, 2.24) is 4.90 Å². The molecule has 0 bridgehead atoms. The first kappa shape index (κ1) is 25.6. The van der Waals surface area contributed by atoms with Gasteiger partial charge in [0, 0.05) is 17.4 Å². The fraction of sp³-hybridized carbons (Fsp3) is 0.600. The Morgan fingerprint density at radius 2 is 1.53 bits per heavy atom. The molecule has 4 heteroatoms. The molecular formula is C30H43FNOSi.